The van der Waals surface area contributed by atoms with Gasteiger partial charge in [0.05, 0.1) is 10.9 Å². The molecule has 7 nitrogen and oxygen atoms in total. The van der Waals surface area contributed by atoms with Crippen LogP contribution in [0, 0.1) is 11.6 Å². The summed E-state index contributed by atoms with van der Waals surface area (Å²) in [6.07, 6.45) is 0. The van der Waals surface area contributed by atoms with Gasteiger partial charge in [-0.15, -0.1) is 0 Å². The van der Waals surface area contributed by atoms with Crippen LogP contribution < -0.4 is 0 Å². The fraction of sp³-hybridized carbons (Fsp3) is 0.364. The molecule has 1 saturated heterocycles. The van der Waals surface area contributed by atoms with Gasteiger partial charge in [0.2, 0.25) is 15.9 Å². The molecule has 1 aliphatic heterocycles. The molecule has 172 valence electrons. The van der Waals surface area contributed by atoms with Gasteiger partial charge in [0.1, 0.15) is 0 Å². The molecule has 2 amide bonds. The minimum atomic E-state index is -3.75. The molecule has 0 aliphatic carbocycles. The topological polar surface area (TPSA) is 78.0 Å². The Balaban J connectivity index is 1.72. The fourth-order valence-electron chi connectivity index (χ4n) is 3.54. The van der Waals surface area contributed by atoms with Crippen LogP contribution in [0.3, 0.4) is 0 Å². The highest BCUT2D eigenvalue weighted by molar-refractivity contribution is 7.89. The molecule has 0 unspecified atom stereocenters. The lowest BCUT2D eigenvalue weighted by atomic mass is 10.1. The molecule has 2 aromatic rings. The van der Waals surface area contributed by atoms with Gasteiger partial charge >= 0.3 is 0 Å². The molecular weight excluding hydrogens is 440 g/mol. The van der Waals surface area contributed by atoms with E-state index >= 15 is 0 Å². The van der Waals surface area contributed by atoms with Gasteiger partial charge in [-0.05, 0) is 48.9 Å². The number of carbonyl (C=O) groups excluding carboxylic acids is 2. The van der Waals surface area contributed by atoms with E-state index in [0.29, 0.717) is 18.7 Å². The third-order valence-corrected chi connectivity index (χ3v) is 7.66. The molecule has 1 heterocycles. The number of amides is 2. The van der Waals surface area contributed by atoms with Crippen LogP contribution in [0.15, 0.2) is 47.4 Å². The summed E-state index contributed by atoms with van der Waals surface area (Å²) < 4.78 is 53.8. The van der Waals surface area contributed by atoms with E-state index in [9.17, 15) is 26.8 Å². The lowest BCUT2D eigenvalue weighted by Crippen LogP contribution is -2.49. The Hall–Kier alpha value is -2.85. The van der Waals surface area contributed by atoms with E-state index in [4.69, 9.17) is 0 Å². The predicted molar refractivity (Wildman–Crippen MR) is 114 cm³/mol. The number of hydrogen-bond donors (Lipinski definition) is 0. The van der Waals surface area contributed by atoms with Crippen molar-refractivity contribution in [2.75, 3.05) is 33.2 Å². The number of sulfonamides is 1. The molecular formula is C22H25F2N3O4S. The number of carbonyl (C=O) groups is 2. The van der Waals surface area contributed by atoms with Crippen LogP contribution in [0.25, 0.3) is 0 Å². The van der Waals surface area contributed by atoms with E-state index in [2.05, 4.69) is 0 Å². The van der Waals surface area contributed by atoms with Crippen LogP contribution in [-0.2, 0) is 14.8 Å². The van der Waals surface area contributed by atoms with Gasteiger partial charge in [0.15, 0.2) is 11.6 Å². The van der Waals surface area contributed by atoms with E-state index in [-0.39, 0.29) is 35.4 Å². The Bertz CT molecular complexity index is 1110. The molecule has 0 N–H and O–H groups in total. The van der Waals surface area contributed by atoms with Gasteiger partial charge in [0, 0.05) is 45.7 Å². The first-order valence-electron chi connectivity index (χ1n) is 10.1. The Morgan fingerprint density at radius 1 is 0.969 bits per heavy atom. The van der Waals surface area contributed by atoms with Crippen molar-refractivity contribution in [3.05, 3.63) is 65.2 Å². The Morgan fingerprint density at radius 3 is 2.09 bits per heavy atom. The molecule has 0 saturated carbocycles. The number of rotatable bonds is 5. The van der Waals surface area contributed by atoms with Gasteiger partial charge < -0.3 is 9.80 Å². The average molecular weight is 466 g/mol. The van der Waals surface area contributed by atoms with Crippen LogP contribution in [0.4, 0.5) is 8.78 Å². The van der Waals surface area contributed by atoms with Crippen molar-refractivity contribution >= 4 is 21.8 Å². The van der Waals surface area contributed by atoms with Crippen molar-refractivity contribution in [3.63, 3.8) is 0 Å². The Morgan fingerprint density at radius 2 is 1.56 bits per heavy atom. The third kappa shape index (κ3) is 4.81. The van der Waals surface area contributed by atoms with Gasteiger partial charge in [-0.1, -0.05) is 6.07 Å². The second kappa shape index (κ2) is 9.33. The first-order valence-corrected chi connectivity index (χ1v) is 11.5. The maximum atomic E-state index is 13.5. The maximum Gasteiger partial charge on any atom is 0.254 e. The predicted octanol–water partition coefficient (Wildman–Crippen LogP) is 2.65. The largest absolute Gasteiger partial charge is 0.340 e. The average Bonchev–Trinajstić information content (AvgIpc) is 2.79. The fourth-order valence-corrected chi connectivity index (χ4v) is 4.96. The third-order valence-electron chi connectivity index (χ3n) is 5.75. The number of benzene rings is 2. The highest BCUT2D eigenvalue weighted by atomic mass is 32.2. The quantitative estimate of drug-likeness (QED) is 0.680. The van der Waals surface area contributed by atoms with Crippen molar-refractivity contribution in [2.24, 2.45) is 0 Å². The standard InChI is InChI=1S/C22H25F2N3O4S/c1-15(18-6-9-20(23)21(24)14-18)25(3)22(29)17-4-7-19(8-5-17)32(30,31)27-12-10-26(11-13-27)16(2)28/h4-9,14-15H,10-13H2,1-3H3/t15-/m0/s1. The molecule has 1 atom stereocenters. The van der Waals surface area contributed by atoms with Crippen LogP contribution in [-0.4, -0.2) is 67.6 Å². The smallest absolute Gasteiger partial charge is 0.254 e. The lowest BCUT2D eigenvalue weighted by molar-refractivity contribution is -0.129. The zero-order valence-corrected chi connectivity index (χ0v) is 18.9. The molecule has 0 aromatic heterocycles. The number of nitrogens with zero attached hydrogens (tertiary/aromatic N) is 3. The summed E-state index contributed by atoms with van der Waals surface area (Å²) in [4.78, 5) is 27.3. The molecule has 0 radical (unpaired) electrons. The van der Waals surface area contributed by atoms with E-state index in [1.165, 1.54) is 53.5 Å². The molecule has 3 rings (SSSR count). The molecule has 2 aromatic carbocycles. The van der Waals surface area contributed by atoms with Gasteiger partial charge in [-0.25, -0.2) is 17.2 Å². The minimum Gasteiger partial charge on any atom is -0.340 e. The van der Waals surface area contributed by atoms with Gasteiger partial charge in [-0.3, -0.25) is 9.59 Å². The summed E-state index contributed by atoms with van der Waals surface area (Å²) in [5, 5.41) is 0. The summed E-state index contributed by atoms with van der Waals surface area (Å²) in [6, 6.07) is 8.53. The van der Waals surface area contributed by atoms with Crippen LogP contribution >= 0.6 is 0 Å². The highest BCUT2D eigenvalue weighted by Crippen LogP contribution is 2.24. The van der Waals surface area contributed by atoms with E-state index in [1.54, 1.807) is 11.8 Å². The normalized spacial score (nSPS) is 16.0. The minimum absolute atomic E-state index is 0.0571. The number of halogens is 2. The first-order chi connectivity index (χ1) is 15.0. The van der Waals surface area contributed by atoms with Crippen molar-refractivity contribution in [1.29, 1.82) is 0 Å². The monoisotopic (exact) mass is 465 g/mol. The molecule has 10 heteroatoms. The maximum absolute atomic E-state index is 13.5. The molecule has 1 aliphatic rings. The second-order valence-corrected chi connectivity index (χ2v) is 9.64. The summed E-state index contributed by atoms with van der Waals surface area (Å²) >= 11 is 0. The summed E-state index contributed by atoms with van der Waals surface area (Å²) in [7, 11) is -2.21. The second-order valence-electron chi connectivity index (χ2n) is 7.70. The van der Waals surface area contributed by atoms with Crippen LogP contribution in [0.1, 0.15) is 35.8 Å². The lowest BCUT2D eigenvalue weighted by Gasteiger charge is -2.33. The molecule has 0 bridgehead atoms. The summed E-state index contributed by atoms with van der Waals surface area (Å²) in [6.45, 7) is 4.21. The van der Waals surface area contributed by atoms with E-state index < -0.39 is 27.7 Å². The van der Waals surface area contributed by atoms with Crippen molar-refractivity contribution in [2.45, 2.75) is 24.8 Å². The van der Waals surface area contributed by atoms with E-state index in [0.717, 1.165) is 12.1 Å². The Labute approximate surface area is 186 Å². The van der Waals surface area contributed by atoms with Crippen molar-refractivity contribution in [3.8, 4) is 0 Å². The summed E-state index contributed by atoms with van der Waals surface area (Å²) in [5.74, 6) is -2.43. The Kier molecular flexibility index (Phi) is 6.94. The molecule has 0 spiro atoms. The number of piperazine rings is 1. The zero-order valence-electron chi connectivity index (χ0n) is 18.1. The van der Waals surface area contributed by atoms with Gasteiger partial charge in [-0.2, -0.15) is 4.31 Å². The van der Waals surface area contributed by atoms with Crippen molar-refractivity contribution in [1.82, 2.24) is 14.1 Å². The van der Waals surface area contributed by atoms with Crippen LogP contribution in [0.2, 0.25) is 0 Å². The van der Waals surface area contributed by atoms with Crippen molar-refractivity contribution < 1.29 is 26.8 Å². The van der Waals surface area contributed by atoms with E-state index in [1.807, 2.05) is 0 Å². The molecule has 1 fully saturated rings. The number of hydrogen-bond acceptors (Lipinski definition) is 4. The van der Waals surface area contributed by atoms with Crippen LogP contribution in [0.5, 0.6) is 0 Å². The van der Waals surface area contributed by atoms with Gasteiger partial charge in [0.25, 0.3) is 5.91 Å². The molecule has 32 heavy (non-hydrogen) atoms. The zero-order chi connectivity index (χ0) is 23.6. The summed E-state index contributed by atoms with van der Waals surface area (Å²) in [5.41, 5.74) is 0.700. The SMILES string of the molecule is CC(=O)N1CCN(S(=O)(=O)c2ccc(C(=O)N(C)[C@@H](C)c3ccc(F)c(F)c3)cc2)CC1. The first kappa shape index (κ1) is 23.8. The highest BCUT2D eigenvalue weighted by Gasteiger charge is 2.29.